The maximum absolute atomic E-state index is 11.9. The second-order valence-corrected chi connectivity index (χ2v) is 7.31. The fourth-order valence-corrected chi connectivity index (χ4v) is 2.89. The zero-order chi connectivity index (χ0) is 20.0. The molecule has 27 heavy (non-hydrogen) atoms. The highest BCUT2D eigenvalue weighted by Crippen LogP contribution is 2.29. The summed E-state index contributed by atoms with van der Waals surface area (Å²) in [5, 5.41) is 18.7. The van der Waals surface area contributed by atoms with E-state index in [4.69, 9.17) is 9.88 Å². The van der Waals surface area contributed by atoms with Crippen LogP contribution in [-0.2, 0) is 21.2 Å². The molecule has 0 saturated carbocycles. The molecular weight excluding hydrogens is 374 g/mol. The Kier molecular flexibility index (Phi) is 6.48. The van der Waals surface area contributed by atoms with Gasteiger partial charge in [-0.2, -0.15) is 0 Å². The summed E-state index contributed by atoms with van der Waals surface area (Å²) in [4.78, 5) is 21.8. The second-order valence-electron chi connectivity index (χ2n) is 5.75. The predicted octanol–water partition coefficient (Wildman–Crippen LogP) is 1.29. The normalized spacial score (nSPS) is 11.0. The summed E-state index contributed by atoms with van der Waals surface area (Å²) >= 11 is 0. The molecule has 0 radical (unpaired) electrons. The van der Waals surface area contributed by atoms with Gasteiger partial charge < -0.3 is 10.1 Å². The van der Waals surface area contributed by atoms with Crippen LogP contribution in [-0.4, -0.2) is 32.4 Å². The predicted molar refractivity (Wildman–Crippen MR) is 97.9 cm³/mol. The van der Waals surface area contributed by atoms with Crippen LogP contribution < -0.4 is 15.2 Å². The smallest absolute Gasteiger partial charge is 0.312 e. The number of rotatable bonds is 8. The highest BCUT2D eigenvalue weighted by atomic mass is 32.2. The lowest BCUT2D eigenvalue weighted by Gasteiger charge is -2.09. The van der Waals surface area contributed by atoms with Gasteiger partial charge in [-0.25, -0.2) is 13.6 Å². The first-order chi connectivity index (χ1) is 12.7. The topological polar surface area (TPSA) is 142 Å². The van der Waals surface area contributed by atoms with E-state index in [1.807, 2.05) is 31.2 Å². The van der Waals surface area contributed by atoms with Crippen LogP contribution in [0.2, 0.25) is 0 Å². The van der Waals surface area contributed by atoms with Gasteiger partial charge in [-0.15, -0.1) is 0 Å². The van der Waals surface area contributed by atoms with E-state index in [0.717, 1.165) is 29.3 Å². The molecule has 3 N–H and O–H groups in total. The summed E-state index contributed by atoms with van der Waals surface area (Å²) in [6.45, 7) is 1.92. The molecular formula is C17H19N3O6S. The number of nitro benzene ring substituents is 1. The Morgan fingerprint density at radius 1 is 1.26 bits per heavy atom. The van der Waals surface area contributed by atoms with Crippen LogP contribution in [0, 0.1) is 17.0 Å². The van der Waals surface area contributed by atoms with Crippen molar-refractivity contribution >= 4 is 21.6 Å². The molecule has 0 unspecified atom stereocenters. The number of nitrogens with one attached hydrogen (secondary N) is 1. The molecule has 2 rings (SSSR count). The molecule has 9 nitrogen and oxygen atoms in total. The molecule has 0 saturated heterocycles. The van der Waals surface area contributed by atoms with Crippen molar-refractivity contribution in [3.8, 4) is 5.75 Å². The second kappa shape index (κ2) is 8.60. The lowest BCUT2D eigenvalue weighted by molar-refractivity contribution is -0.386. The molecule has 0 spiro atoms. The van der Waals surface area contributed by atoms with Gasteiger partial charge in [-0.05, 0) is 36.6 Å². The number of ether oxygens (including phenoxy) is 1. The molecule has 2 aromatic rings. The van der Waals surface area contributed by atoms with Crippen molar-refractivity contribution in [2.45, 2.75) is 18.2 Å². The Hall–Kier alpha value is -2.98. The summed E-state index contributed by atoms with van der Waals surface area (Å²) < 4.78 is 27.8. The van der Waals surface area contributed by atoms with Crippen molar-refractivity contribution in [3.63, 3.8) is 0 Å². The number of carbonyl (C=O) groups excluding carboxylic acids is 1. The zero-order valence-corrected chi connectivity index (χ0v) is 15.4. The summed E-state index contributed by atoms with van der Waals surface area (Å²) in [6, 6.07) is 10.8. The number of aryl methyl sites for hydroxylation is 1. The number of sulfonamides is 1. The van der Waals surface area contributed by atoms with E-state index in [1.54, 1.807) is 0 Å². The molecule has 2 aromatic carbocycles. The third-order valence-corrected chi connectivity index (χ3v) is 4.70. The maximum Gasteiger partial charge on any atom is 0.312 e. The first-order valence-electron chi connectivity index (χ1n) is 7.93. The minimum Gasteiger partial charge on any atom is -0.477 e. The largest absolute Gasteiger partial charge is 0.477 e. The zero-order valence-electron chi connectivity index (χ0n) is 14.5. The number of carbonyl (C=O) groups is 1. The van der Waals surface area contributed by atoms with Crippen LogP contribution in [0.1, 0.15) is 11.1 Å². The van der Waals surface area contributed by atoms with Crippen molar-refractivity contribution in [3.05, 3.63) is 63.7 Å². The third-order valence-electron chi connectivity index (χ3n) is 3.79. The van der Waals surface area contributed by atoms with Crippen LogP contribution in [0.4, 0.5) is 5.69 Å². The molecule has 0 aliphatic carbocycles. The molecule has 0 aromatic heterocycles. The Bertz CT molecular complexity index is 959. The van der Waals surface area contributed by atoms with Gasteiger partial charge in [0.2, 0.25) is 10.0 Å². The van der Waals surface area contributed by atoms with Gasteiger partial charge in [-0.1, -0.05) is 24.3 Å². The van der Waals surface area contributed by atoms with Crippen LogP contribution in [0.15, 0.2) is 47.4 Å². The molecule has 0 aliphatic rings. The Balaban J connectivity index is 1.94. The summed E-state index contributed by atoms with van der Waals surface area (Å²) in [7, 11) is -4.09. The minimum atomic E-state index is -4.09. The van der Waals surface area contributed by atoms with E-state index in [0.29, 0.717) is 13.0 Å². The Morgan fingerprint density at radius 3 is 2.59 bits per heavy atom. The van der Waals surface area contributed by atoms with Gasteiger partial charge in [-0.3, -0.25) is 14.9 Å². The van der Waals surface area contributed by atoms with Gasteiger partial charge in [0.15, 0.2) is 12.4 Å². The number of amides is 1. The Morgan fingerprint density at radius 2 is 1.96 bits per heavy atom. The quantitative estimate of drug-likeness (QED) is 0.511. The third kappa shape index (κ3) is 5.76. The lowest BCUT2D eigenvalue weighted by Crippen LogP contribution is -2.30. The molecule has 0 fully saturated rings. The molecule has 0 heterocycles. The number of nitro groups is 1. The number of nitrogens with two attached hydrogens (primary N) is 1. The van der Waals surface area contributed by atoms with Gasteiger partial charge in [0.1, 0.15) is 0 Å². The fourth-order valence-electron chi connectivity index (χ4n) is 2.36. The van der Waals surface area contributed by atoms with Gasteiger partial charge >= 0.3 is 5.69 Å². The monoisotopic (exact) mass is 393 g/mol. The fraction of sp³-hybridized carbons (Fsp3) is 0.235. The van der Waals surface area contributed by atoms with Gasteiger partial charge in [0, 0.05) is 12.6 Å². The Labute approximate surface area is 156 Å². The minimum absolute atomic E-state index is 0.221. The van der Waals surface area contributed by atoms with Gasteiger partial charge in [0.05, 0.1) is 9.82 Å². The number of benzene rings is 2. The number of nitrogens with zero attached hydrogens (tertiary/aromatic N) is 1. The number of primary sulfonamides is 1. The molecule has 0 atom stereocenters. The highest BCUT2D eigenvalue weighted by Gasteiger charge is 2.20. The SMILES string of the molecule is Cc1ccccc1CCNC(=O)COc1ccc(S(N)(=O)=O)cc1[N+](=O)[O-]. The molecule has 0 bridgehead atoms. The molecule has 10 heteroatoms. The van der Waals surface area contributed by atoms with Crippen LogP contribution >= 0.6 is 0 Å². The number of hydrogen-bond acceptors (Lipinski definition) is 6. The first kappa shape index (κ1) is 20.3. The molecule has 0 aliphatic heterocycles. The van der Waals surface area contributed by atoms with E-state index in [-0.39, 0.29) is 5.75 Å². The number of hydrogen-bond donors (Lipinski definition) is 2. The summed E-state index contributed by atoms with van der Waals surface area (Å²) in [6.07, 6.45) is 0.640. The van der Waals surface area contributed by atoms with E-state index < -0.39 is 38.0 Å². The molecule has 1 amide bonds. The first-order valence-corrected chi connectivity index (χ1v) is 9.48. The average molecular weight is 393 g/mol. The average Bonchev–Trinajstić information content (AvgIpc) is 2.60. The van der Waals surface area contributed by atoms with E-state index in [2.05, 4.69) is 5.32 Å². The van der Waals surface area contributed by atoms with Gasteiger partial charge in [0.25, 0.3) is 5.91 Å². The van der Waals surface area contributed by atoms with Crippen LogP contribution in [0.3, 0.4) is 0 Å². The van der Waals surface area contributed by atoms with E-state index in [9.17, 15) is 23.3 Å². The summed E-state index contributed by atoms with van der Waals surface area (Å²) in [5.74, 6) is -0.671. The summed E-state index contributed by atoms with van der Waals surface area (Å²) in [5.41, 5.74) is 1.63. The van der Waals surface area contributed by atoms with Crippen molar-refractivity contribution in [2.75, 3.05) is 13.2 Å². The van der Waals surface area contributed by atoms with Crippen molar-refractivity contribution in [2.24, 2.45) is 5.14 Å². The van der Waals surface area contributed by atoms with E-state index in [1.165, 1.54) is 0 Å². The highest BCUT2D eigenvalue weighted by molar-refractivity contribution is 7.89. The lowest BCUT2D eigenvalue weighted by atomic mass is 10.1. The standard InChI is InChI=1S/C17H19N3O6S/c1-12-4-2-3-5-13(12)8-9-19-17(21)11-26-16-7-6-14(27(18,24)25)10-15(16)20(22)23/h2-7,10H,8-9,11H2,1H3,(H,19,21)(H2,18,24,25). The van der Waals surface area contributed by atoms with Crippen molar-refractivity contribution in [1.82, 2.24) is 5.32 Å². The van der Waals surface area contributed by atoms with Crippen LogP contribution in [0.5, 0.6) is 5.75 Å². The van der Waals surface area contributed by atoms with Crippen molar-refractivity contribution in [1.29, 1.82) is 0 Å². The van der Waals surface area contributed by atoms with E-state index >= 15 is 0 Å². The van der Waals surface area contributed by atoms with Crippen LogP contribution in [0.25, 0.3) is 0 Å². The van der Waals surface area contributed by atoms with Crippen molar-refractivity contribution < 1.29 is 22.9 Å². The molecule has 144 valence electrons. The maximum atomic E-state index is 11.9.